The Morgan fingerprint density at radius 1 is 0.569 bits per heavy atom. The van der Waals surface area contributed by atoms with Gasteiger partial charge in [0.05, 0.1) is 39.8 Å². The number of nitriles is 2. The Labute approximate surface area is 338 Å². The standard InChI is InChI=1S/C55H43N3/c56-27-33-22-43-49(51-45(33)46-37-7-1-3-9-39(37)47(51)40-10-4-2-8-38(40)46)42-21-32-20-35(55-24-29-17-30(25-55)19-31(18-29)26-55)11-12-36(32)50-48-41-13-16-54(14-5-6-15-54)52(41)34(28-57)23-44(48)58(43)53(42)50/h1-4,7-12,20-23,29-31,46-47H,5-6,13-19,24-26H2. The molecule has 0 atom stereocenters. The quantitative estimate of drug-likeness (QED) is 0.168. The molecule has 0 unspecified atom stereocenters. The Hall–Kier alpha value is -5.64. The van der Waals surface area contributed by atoms with Crippen LogP contribution in [0.4, 0.5) is 0 Å². The van der Waals surface area contributed by atoms with E-state index in [9.17, 15) is 10.5 Å². The van der Waals surface area contributed by atoms with Crippen LogP contribution in [0.2, 0.25) is 0 Å². The van der Waals surface area contributed by atoms with E-state index in [1.54, 1.807) is 5.56 Å². The largest absolute Gasteiger partial charge is 0.308 e. The molecule has 278 valence electrons. The number of aryl methyl sites for hydroxylation is 1. The molecule has 8 aromatic rings. The zero-order valence-corrected chi connectivity index (χ0v) is 32.8. The van der Waals surface area contributed by atoms with Crippen LogP contribution in [0.3, 0.4) is 0 Å². The Bertz CT molecular complexity index is 3230. The fraction of sp³-hybridized carbons (Fsp3) is 0.345. The summed E-state index contributed by atoms with van der Waals surface area (Å²) in [5.41, 5.74) is 18.1. The van der Waals surface area contributed by atoms with Crippen molar-refractivity contribution in [1.82, 2.24) is 4.40 Å². The molecule has 0 aliphatic heterocycles. The summed E-state index contributed by atoms with van der Waals surface area (Å²) in [5, 5.41) is 30.2. The predicted molar refractivity (Wildman–Crippen MR) is 231 cm³/mol. The van der Waals surface area contributed by atoms with E-state index in [0.29, 0.717) is 5.41 Å². The summed E-state index contributed by atoms with van der Waals surface area (Å²) in [6.45, 7) is 0. The van der Waals surface area contributed by atoms with Crippen molar-refractivity contribution in [3.8, 4) is 12.1 Å². The molecule has 0 saturated heterocycles. The van der Waals surface area contributed by atoms with E-state index >= 15 is 0 Å². The van der Waals surface area contributed by atoms with Crippen molar-refractivity contribution < 1.29 is 0 Å². The molecule has 5 saturated carbocycles. The lowest BCUT2D eigenvalue weighted by Gasteiger charge is -2.57. The molecular weight excluding hydrogens is 703 g/mol. The number of hydrogen-bond acceptors (Lipinski definition) is 2. The third kappa shape index (κ3) is 3.50. The van der Waals surface area contributed by atoms with Crippen molar-refractivity contribution >= 4 is 48.9 Å². The van der Waals surface area contributed by atoms with E-state index in [2.05, 4.69) is 101 Å². The van der Waals surface area contributed by atoms with Gasteiger partial charge in [-0.1, -0.05) is 79.6 Å². The van der Waals surface area contributed by atoms with Gasteiger partial charge in [0.1, 0.15) is 0 Å². The minimum absolute atomic E-state index is 0.0266. The molecule has 0 radical (unpaired) electrons. The molecule has 58 heavy (non-hydrogen) atoms. The van der Waals surface area contributed by atoms with E-state index in [1.807, 2.05) is 0 Å². The molecule has 9 aliphatic rings. The maximum Gasteiger partial charge on any atom is 0.0995 e. The van der Waals surface area contributed by atoms with Crippen LogP contribution in [0.1, 0.15) is 144 Å². The van der Waals surface area contributed by atoms with Gasteiger partial charge in [0, 0.05) is 33.4 Å². The first kappa shape index (κ1) is 31.4. The minimum Gasteiger partial charge on any atom is -0.308 e. The van der Waals surface area contributed by atoms with Gasteiger partial charge in [0.15, 0.2) is 0 Å². The summed E-state index contributed by atoms with van der Waals surface area (Å²) >= 11 is 0. The maximum absolute atomic E-state index is 11.1. The van der Waals surface area contributed by atoms with E-state index in [-0.39, 0.29) is 17.3 Å². The van der Waals surface area contributed by atoms with Crippen molar-refractivity contribution in [3.05, 3.63) is 146 Å². The third-order valence-corrected chi connectivity index (χ3v) is 17.8. The smallest absolute Gasteiger partial charge is 0.0995 e. The first-order valence-corrected chi connectivity index (χ1v) is 22.4. The molecule has 3 nitrogen and oxygen atoms in total. The summed E-state index contributed by atoms with van der Waals surface area (Å²) in [6, 6.07) is 38.4. The third-order valence-electron chi connectivity index (χ3n) is 17.8. The Morgan fingerprint density at radius 2 is 1.17 bits per heavy atom. The van der Waals surface area contributed by atoms with Crippen LogP contribution in [0.25, 0.3) is 48.9 Å². The average Bonchev–Trinajstić information content (AvgIpc) is 4.04. The van der Waals surface area contributed by atoms with Crippen LogP contribution < -0.4 is 0 Å². The van der Waals surface area contributed by atoms with Crippen LogP contribution in [-0.4, -0.2) is 4.40 Å². The first-order chi connectivity index (χ1) is 28.6. The topological polar surface area (TPSA) is 52.0 Å². The monoisotopic (exact) mass is 745 g/mol. The Morgan fingerprint density at radius 3 is 1.81 bits per heavy atom. The summed E-state index contributed by atoms with van der Waals surface area (Å²) in [7, 11) is 0. The maximum atomic E-state index is 11.1. The van der Waals surface area contributed by atoms with Gasteiger partial charge in [0.2, 0.25) is 0 Å². The fourth-order valence-corrected chi connectivity index (χ4v) is 16.3. The van der Waals surface area contributed by atoms with Crippen LogP contribution in [0.15, 0.2) is 84.9 Å². The zero-order chi connectivity index (χ0) is 37.8. The predicted octanol–water partition coefficient (Wildman–Crippen LogP) is 12.9. The summed E-state index contributed by atoms with van der Waals surface area (Å²) in [4.78, 5) is 0. The number of rotatable bonds is 1. The molecule has 0 amide bonds. The van der Waals surface area contributed by atoms with Crippen molar-refractivity contribution in [2.45, 2.75) is 99.7 Å². The van der Waals surface area contributed by atoms with E-state index in [4.69, 9.17) is 0 Å². The molecular formula is C55H43N3. The van der Waals surface area contributed by atoms with Gasteiger partial charge in [-0.05, 0) is 172 Å². The lowest BCUT2D eigenvalue weighted by atomic mass is 9.48. The van der Waals surface area contributed by atoms with Crippen molar-refractivity contribution in [2.75, 3.05) is 0 Å². The van der Waals surface area contributed by atoms with E-state index in [0.717, 1.165) is 52.8 Å². The molecule has 9 aliphatic carbocycles. The Kier molecular flexibility index (Phi) is 5.58. The van der Waals surface area contributed by atoms with Crippen molar-refractivity contribution in [1.29, 1.82) is 10.5 Å². The molecule has 3 heteroatoms. The number of fused-ring (bicyclic) bond motifs is 11. The number of aromatic nitrogens is 1. The molecule has 5 fully saturated rings. The highest BCUT2D eigenvalue weighted by Crippen LogP contribution is 2.63. The highest BCUT2D eigenvalue weighted by molar-refractivity contribution is 6.33. The second-order valence-corrected chi connectivity index (χ2v) is 20.3. The lowest BCUT2D eigenvalue weighted by Crippen LogP contribution is -2.48. The van der Waals surface area contributed by atoms with Gasteiger partial charge in [-0.15, -0.1) is 0 Å². The highest BCUT2D eigenvalue weighted by Gasteiger charge is 2.52. The zero-order valence-electron chi connectivity index (χ0n) is 32.8. The molecule has 0 N–H and O–H groups in total. The van der Waals surface area contributed by atoms with Gasteiger partial charge in [0.25, 0.3) is 0 Å². The van der Waals surface area contributed by atoms with Crippen molar-refractivity contribution in [3.63, 3.8) is 0 Å². The van der Waals surface area contributed by atoms with Gasteiger partial charge in [-0.3, -0.25) is 0 Å². The Balaban J connectivity index is 1.12. The average molecular weight is 746 g/mol. The van der Waals surface area contributed by atoms with Crippen LogP contribution in [0, 0.1) is 40.4 Å². The molecule has 6 bridgehead atoms. The van der Waals surface area contributed by atoms with Crippen LogP contribution >= 0.6 is 0 Å². The summed E-state index contributed by atoms with van der Waals surface area (Å²) in [5.74, 6) is 2.77. The van der Waals surface area contributed by atoms with Crippen LogP contribution in [0.5, 0.6) is 0 Å². The van der Waals surface area contributed by atoms with Gasteiger partial charge < -0.3 is 4.40 Å². The number of hydrogen-bond donors (Lipinski definition) is 0. The molecule has 2 aromatic heterocycles. The molecule has 17 rings (SSSR count). The first-order valence-electron chi connectivity index (χ1n) is 22.4. The molecule has 2 heterocycles. The number of benzene rings is 6. The number of nitrogens with zero attached hydrogens (tertiary/aromatic N) is 3. The fourth-order valence-electron chi connectivity index (χ4n) is 16.3. The van der Waals surface area contributed by atoms with E-state index in [1.165, 1.54) is 147 Å². The lowest BCUT2D eigenvalue weighted by molar-refractivity contribution is -0.00512. The second-order valence-electron chi connectivity index (χ2n) is 20.3. The van der Waals surface area contributed by atoms with Gasteiger partial charge in [-0.25, -0.2) is 0 Å². The van der Waals surface area contributed by atoms with E-state index < -0.39 is 0 Å². The highest BCUT2D eigenvalue weighted by atomic mass is 14.9. The summed E-state index contributed by atoms with van der Waals surface area (Å²) < 4.78 is 2.52. The second kappa shape index (κ2) is 10.3. The SMILES string of the molecule is N#Cc1cc2c(c3c1C1c4ccccc4C3c3ccccc31)c1cc3cc(C45CC6CC(CC(C6)C4)C5)ccc3c3c4c5c(c(C#N)cc4n2c13)C1(CCCC1)CC5. The van der Waals surface area contributed by atoms with Crippen LogP contribution in [-0.2, 0) is 17.3 Å². The minimum atomic E-state index is 0.0266. The normalized spacial score (nSPS) is 27.9. The molecule has 6 aromatic carbocycles. The molecule has 1 spiro atoms. The summed E-state index contributed by atoms with van der Waals surface area (Å²) in [6.07, 6.45) is 15.6. The van der Waals surface area contributed by atoms with Gasteiger partial charge >= 0.3 is 0 Å². The van der Waals surface area contributed by atoms with Crippen molar-refractivity contribution in [2.24, 2.45) is 17.8 Å². The van der Waals surface area contributed by atoms with Gasteiger partial charge in [-0.2, -0.15) is 10.5 Å².